The van der Waals surface area contributed by atoms with Crippen LogP contribution in [0.4, 0.5) is 4.79 Å². The van der Waals surface area contributed by atoms with Gasteiger partial charge in [-0.1, -0.05) is 16.9 Å². The first-order valence-electron chi connectivity index (χ1n) is 4.07. The Morgan fingerprint density at radius 1 is 1.93 bits per heavy atom. The molecule has 7 heteroatoms. The minimum Gasteiger partial charge on any atom is -0.361 e. The molecule has 0 aromatic rings. The fourth-order valence-corrected chi connectivity index (χ4v) is 1.63. The Kier molecular flexibility index (Phi) is 5.06. The van der Waals surface area contributed by atoms with Crippen LogP contribution in [-0.4, -0.2) is 35.6 Å². The van der Waals surface area contributed by atoms with Gasteiger partial charge in [-0.3, -0.25) is 4.84 Å². The van der Waals surface area contributed by atoms with Gasteiger partial charge in [0, 0.05) is 12.4 Å². The second-order valence-corrected chi connectivity index (χ2v) is 3.82. The first kappa shape index (κ1) is 11.6. The highest BCUT2D eigenvalue weighted by molar-refractivity contribution is 8.14. The highest BCUT2D eigenvalue weighted by atomic mass is 35.5. The predicted molar refractivity (Wildman–Crippen MR) is 55.6 cm³/mol. The normalized spacial score (nSPS) is 23.9. The summed E-state index contributed by atoms with van der Waals surface area (Å²) in [5.74, 6) is 0.895. The Bertz CT molecular complexity index is 237. The molecule has 1 saturated heterocycles. The molecule has 1 N–H and O–H groups in total. The number of nitrogens with zero attached hydrogens (tertiary/aromatic N) is 1. The van der Waals surface area contributed by atoms with E-state index in [4.69, 9.17) is 16.3 Å². The van der Waals surface area contributed by atoms with Gasteiger partial charge in [-0.15, -0.1) is 11.6 Å². The number of amides is 1. The number of ether oxygens (including phenoxy) is 1. The molecule has 5 nitrogen and oxygen atoms in total. The number of rotatable bonds is 3. The summed E-state index contributed by atoms with van der Waals surface area (Å²) in [5, 5.41) is 6.75. The van der Waals surface area contributed by atoms with E-state index in [0.717, 1.165) is 0 Å². The van der Waals surface area contributed by atoms with Crippen LogP contribution in [0.5, 0.6) is 0 Å². The standard InChI is InChI=1S/C7H11ClN2O3S/c1-5-6(14-4-12-5)10-13-7(11)9-3-2-8/h5H,2-4H2,1H3,(H,9,11)/b10-6-. The molecule has 0 aromatic heterocycles. The molecule has 1 rings (SSSR count). The summed E-state index contributed by atoms with van der Waals surface area (Å²) in [6.45, 7) is 2.21. The molecular formula is C7H11ClN2O3S. The van der Waals surface area contributed by atoms with Crippen molar-refractivity contribution in [3.63, 3.8) is 0 Å². The van der Waals surface area contributed by atoms with Crippen LogP contribution < -0.4 is 5.32 Å². The maximum absolute atomic E-state index is 10.9. The number of hydrogen-bond acceptors (Lipinski definition) is 5. The molecule has 1 aliphatic rings. The van der Waals surface area contributed by atoms with Crippen LogP contribution in [0, 0.1) is 0 Å². The molecule has 0 saturated carbocycles. The quantitative estimate of drug-likeness (QED) is 0.458. The fourth-order valence-electron chi connectivity index (χ4n) is 0.754. The molecule has 1 heterocycles. The van der Waals surface area contributed by atoms with Crippen molar-refractivity contribution in [3.8, 4) is 0 Å². The van der Waals surface area contributed by atoms with Crippen molar-refractivity contribution in [2.45, 2.75) is 13.0 Å². The van der Waals surface area contributed by atoms with E-state index in [9.17, 15) is 4.79 Å². The zero-order valence-corrected chi connectivity index (χ0v) is 9.23. The molecule has 1 fully saturated rings. The van der Waals surface area contributed by atoms with Crippen molar-refractivity contribution in [2.75, 3.05) is 18.4 Å². The molecule has 1 aliphatic heterocycles. The summed E-state index contributed by atoms with van der Waals surface area (Å²) in [7, 11) is 0. The monoisotopic (exact) mass is 238 g/mol. The highest BCUT2D eigenvalue weighted by Crippen LogP contribution is 2.19. The third kappa shape index (κ3) is 3.73. The van der Waals surface area contributed by atoms with Gasteiger partial charge in [0.05, 0.1) is 5.94 Å². The first-order valence-corrected chi connectivity index (χ1v) is 5.59. The van der Waals surface area contributed by atoms with E-state index in [0.29, 0.717) is 23.4 Å². The van der Waals surface area contributed by atoms with Crippen LogP contribution in [0.25, 0.3) is 0 Å². The molecule has 14 heavy (non-hydrogen) atoms. The molecule has 1 atom stereocenters. The highest BCUT2D eigenvalue weighted by Gasteiger charge is 2.20. The van der Waals surface area contributed by atoms with Crippen molar-refractivity contribution in [2.24, 2.45) is 5.16 Å². The van der Waals surface area contributed by atoms with Crippen LogP contribution in [-0.2, 0) is 9.57 Å². The summed E-state index contributed by atoms with van der Waals surface area (Å²) in [5.41, 5.74) is 0. The van der Waals surface area contributed by atoms with Crippen LogP contribution in [0.3, 0.4) is 0 Å². The van der Waals surface area contributed by atoms with E-state index in [2.05, 4.69) is 15.3 Å². The predicted octanol–water partition coefficient (Wildman–Crippen LogP) is 1.37. The first-order chi connectivity index (χ1) is 6.74. The zero-order chi connectivity index (χ0) is 10.4. The molecule has 0 spiro atoms. The molecule has 0 radical (unpaired) electrons. The largest absolute Gasteiger partial charge is 0.433 e. The number of carbonyl (C=O) groups is 1. The van der Waals surface area contributed by atoms with Crippen LogP contribution in [0.15, 0.2) is 5.16 Å². The topological polar surface area (TPSA) is 59.9 Å². The summed E-state index contributed by atoms with van der Waals surface area (Å²) in [6.07, 6.45) is -0.696. The molecular weight excluding hydrogens is 228 g/mol. The third-order valence-electron chi connectivity index (χ3n) is 1.45. The molecule has 80 valence electrons. The van der Waals surface area contributed by atoms with E-state index in [-0.39, 0.29) is 6.10 Å². The van der Waals surface area contributed by atoms with Crippen molar-refractivity contribution in [3.05, 3.63) is 0 Å². The van der Waals surface area contributed by atoms with Gasteiger partial charge in [0.2, 0.25) is 0 Å². The zero-order valence-electron chi connectivity index (χ0n) is 7.66. The van der Waals surface area contributed by atoms with Crippen molar-refractivity contribution in [1.29, 1.82) is 0 Å². The van der Waals surface area contributed by atoms with Gasteiger partial charge in [0.25, 0.3) is 0 Å². The van der Waals surface area contributed by atoms with Crippen molar-refractivity contribution in [1.82, 2.24) is 5.32 Å². The molecule has 1 unspecified atom stereocenters. The summed E-state index contributed by atoms with van der Waals surface area (Å²) < 4.78 is 5.18. The summed E-state index contributed by atoms with van der Waals surface area (Å²) in [4.78, 5) is 15.5. The van der Waals surface area contributed by atoms with Crippen LogP contribution in [0.1, 0.15) is 6.92 Å². The minimum absolute atomic E-state index is 0.0965. The Hall–Kier alpha value is -0.460. The lowest BCUT2D eigenvalue weighted by molar-refractivity contribution is 0.144. The van der Waals surface area contributed by atoms with Crippen molar-refractivity contribution >= 4 is 34.5 Å². The molecule has 0 bridgehead atoms. The average Bonchev–Trinajstić information content (AvgIpc) is 2.58. The van der Waals surface area contributed by atoms with Gasteiger partial charge < -0.3 is 10.1 Å². The van der Waals surface area contributed by atoms with Gasteiger partial charge in [0.15, 0.2) is 0 Å². The van der Waals surface area contributed by atoms with Crippen LogP contribution >= 0.6 is 23.4 Å². The lowest BCUT2D eigenvalue weighted by atomic mass is 10.4. The Morgan fingerprint density at radius 3 is 3.29 bits per heavy atom. The van der Waals surface area contributed by atoms with E-state index >= 15 is 0 Å². The second-order valence-electron chi connectivity index (χ2n) is 2.50. The Labute approximate surface area is 91.1 Å². The minimum atomic E-state index is -0.599. The average molecular weight is 239 g/mol. The van der Waals surface area contributed by atoms with Gasteiger partial charge in [-0.2, -0.15) is 0 Å². The van der Waals surface area contributed by atoms with Crippen LogP contribution in [0.2, 0.25) is 0 Å². The maximum atomic E-state index is 10.9. The SMILES string of the molecule is CC1OCS/C1=N\OC(=O)NCCCl. The summed E-state index contributed by atoms with van der Waals surface area (Å²) >= 11 is 6.78. The number of nitrogens with one attached hydrogen (secondary N) is 1. The van der Waals surface area contributed by atoms with Gasteiger partial charge in [0.1, 0.15) is 11.1 Å². The molecule has 0 aliphatic carbocycles. The lowest BCUT2D eigenvalue weighted by Gasteiger charge is -2.01. The van der Waals surface area contributed by atoms with E-state index < -0.39 is 6.09 Å². The number of alkyl halides is 1. The number of hydrogen-bond donors (Lipinski definition) is 1. The van der Waals surface area contributed by atoms with Gasteiger partial charge in [-0.05, 0) is 6.92 Å². The molecule has 1 amide bonds. The summed E-state index contributed by atoms with van der Waals surface area (Å²) in [6, 6.07) is 0. The second kappa shape index (κ2) is 6.10. The fraction of sp³-hybridized carbons (Fsp3) is 0.714. The Balaban J connectivity index is 2.27. The maximum Gasteiger partial charge on any atom is 0.433 e. The van der Waals surface area contributed by atoms with E-state index in [1.807, 2.05) is 6.92 Å². The Morgan fingerprint density at radius 2 is 2.71 bits per heavy atom. The molecule has 0 aromatic carbocycles. The van der Waals surface area contributed by atoms with E-state index in [1.165, 1.54) is 11.8 Å². The smallest absolute Gasteiger partial charge is 0.361 e. The number of halogens is 1. The number of thioether (sulfide) groups is 1. The van der Waals surface area contributed by atoms with Gasteiger partial charge >= 0.3 is 6.09 Å². The number of oxime groups is 1. The lowest BCUT2D eigenvalue weighted by Crippen LogP contribution is -2.25. The third-order valence-corrected chi connectivity index (χ3v) is 2.60. The van der Waals surface area contributed by atoms with Crippen molar-refractivity contribution < 1.29 is 14.4 Å². The van der Waals surface area contributed by atoms with Gasteiger partial charge in [-0.25, -0.2) is 4.79 Å². The number of carbonyl (C=O) groups excluding carboxylic acids is 1. The van der Waals surface area contributed by atoms with E-state index in [1.54, 1.807) is 0 Å².